The zero-order valence-electron chi connectivity index (χ0n) is 13.9. The summed E-state index contributed by atoms with van der Waals surface area (Å²) in [5.74, 6) is 0.652. The molecule has 0 aliphatic rings. The van der Waals surface area contributed by atoms with E-state index in [-0.39, 0.29) is 17.2 Å². The van der Waals surface area contributed by atoms with Crippen molar-refractivity contribution in [3.05, 3.63) is 24.1 Å². The number of carbonyl (C=O) groups is 1. The molecule has 1 heterocycles. The summed E-state index contributed by atoms with van der Waals surface area (Å²) in [6.07, 6.45) is 0.867. The Hall–Kier alpha value is -1.88. The average molecular weight is 303 g/mol. The molecule has 2 atom stereocenters. The molecule has 0 aliphatic heterocycles. The van der Waals surface area contributed by atoms with Gasteiger partial charge in [0.05, 0.1) is 6.04 Å². The number of amides is 1. The van der Waals surface area contributed by atoms with Crippen LogP contribution in [-0.4, -0.2) is 16.9 Å². The van der Waals surface area contributed by atoms with Gasteiger partial charge in [0.25, 0.3) is 0 Å². The maximum absolute atomic E-state index is 12.1. The number of hydrogen-bond donors (Lipinski definition) is 2. The van der Waals surface area contributed by atoms with E-state index in [0.29, 0.717) is 17.2 Å². The quantitative estimate of drug-likeness (QED) is 0.906. The molecule has 1 aromatic heterocycles. The molecule has 0 radical (unpaired) electrons. The van der Waals surface area contributed by atoms with Crippen molar-refractivity contribution < 1.29 is 9.21 Å². The smallest absolute Gasteiger partial charge is 0.241 e. The molecule has 22 heavy (non-hydrogen) atoms. The second-order valence-corrected chi connectivity index (χ2v) is 6.85. The monoisotopic (exact) mass is 303 g/mol. The SMILES string of the molecule is CCC(C)C(N)C(=O)Nc1ccc2oc(C(C)(C)C)nc2c1. The third kappa shape index (κ3) is 3.47. The molecule has 1 aromatic carbocycles. The summed E-state index contributed by atoms with van der Waals surface area (Å²) >= 11 is 0. The average Bonchev–Trinajstić information content (AvgIpc) is 2.88. The van der Waals surface area contributed by atoms with Gasteiger partial charge in [-0.1, -0.05) is 41.0 Å². The molecule has 3 N–H and O–H groups in total. The van der Waals surface area contributed by atoms with Crippen LogP contribution in [-0.2, 0) is 10.2 Å². The van der Waals surface area contributed by atoms with Gasteiger partial charge in [-0.15, -0.1) is 0 Å². The van der Waals surface area contributed by atoms with Crippen LogP contribution in [0.25, 0.3) is 11.1 Å². The van der Waals surface area contributed by atoms with E-state index in [1.165, 1.54) is 0 Å². The molecular weight excluding hydrogens is 278 g/mol. The third-order valence-electron chi connectivity index (χ3n) is 3.86. The van der Waals surface area contributed by atoms with Crippen LogP contribution in [0.2, 0.25) is 0 Å². The lowest BCUT2D eigenvalue weighted by Crippen LogP contribution is -2.40. The van der Waals surface area contributed by atoms with Crippen LogP contribution < -0.4 is 11.1 Å². The van der Waals surface area contributed by atoms with Gasteiger partial charge in [0.15, 0.2) is 5.58 Å². The third-order valence-corrected chi connectivity index (χ3v) is 3.86. The molecule has 2 aromatic rings. The molecule has 5 heteroatoms. The van der Waals surface area contributed by atoms with E-state index in [9.17, 15) is 4.79 Å². The van der Waals surface area contributed by atoms with E-state index in [2.05, 4.69) is 10.3 Å². The minimum atomic E-state index is -0.511. The molecule has 0 aliphatic carbocycles. The summed E-state index contributed by atoms with van der Waals surface area (Å²) in [4.78, 5) is 16.6. The van der Waals surface area contributed by atoms with Gasteiger partial charge in [-0.25, -0.2) is 4.98 Å². The molecule has 0 fully saturated rings. The maximum atomic E-state index is 12.1. The molecule has 0 saturated heterocycles. The Labute approximate surface area is 131 Å². The van der Waals surface area contributed by atoms with Crippen LogP contribution in [0.1, 0.15) is 46.9 Å². The van der Waals surface area contributed by atoms with E-state index >= 15 is 0 Å². The Balaban J connectivity index is 2.21. The van der Waals surface area contributed by atoms with Crippen molar-refractivity contribution >= 4 is 22.7 Å². The highest BCUT2D eigenvalue weighted by atomic mass is 16.3. The van der Waals surface area contributed by atoms with E-state index in [0.717, 1.165) is 11.9 Å². The highest BCUT2D eigenvalue weighted by molar-refractivity contribution is 5.96. The van der Waals surface area contributed by atoms with Gasteiger partial charge in [0.1, 0.15) is 5.52 Å². The Bertz CT molecular complexity index is 670. The number of nitrogens with one attached hydrogen (secondary N) is 1. The van der Waals surface area contributed by atoms with Crippen molar-refractivity contribution in [3.63, 3.8) is 0 Å². The zero-order valence-corrected chi connectivity index (χ0v) is 13.9. The molecule has 5 nitrogen and oxygen atoms in total. The van der Waals surface area contributed by atoms with Gasteiger partial charge in [-0.05, 0) is 24.1 Å². The molecule has 2 rings (SSSR count). The number of hydrogen-bond acceptors (Lipinski definition) is 4. The fourth-order valence-electron chi connectivity index (χ4n) is 2.06. The van der Waals surface area contributed by atoms with Gasteiger partial charge >= 0.3 is 0 Å². The zero-order chi connectivity index (χ0) is 16.5. The van der Waals surface area contributed by atoms with Crippen LogP contribution in [0, 0.1) is 5.92 Å². The Morgan fingerprint density at radius 1 is 1.41 bits per heavy atom. The molecule has 0 saturated carbocycles. The lowest BCUT2D eigenvalue weighted by atomic mass is 9.97. The highest BCUT2D eigenvalue weighted by Gasteiger charge is 2.22. The minimum absolute atomic E-state index is 0.142. The molecular formula is C17H25N3O2. The van der Waals surface area contributed by atoms with Gasteiger partial charge in [-0.3, -0.25) is 4.79 Å². The molecule has 2 unspecified atom stereocenters. The first-order chi connectivity index (χ1) is 10.2. The summed E-state index contributed by atoms with van der Waals surface area (Å²) < 4.78 is 5.75. The predicted molar refractivity (Wildman–Crippen MR) is 88.8 cm³/mol. The van der Waals surface area contributed by atoms with E-state index in [4.69, 9.17) is 10.2 Å². The van der Waals surface area contributed by atoms with Crippen LogP contribution in [0.15, 0.2) is 22.6 Å². The number of benzene rings is 1. The summed E-state index contributed by atoms with van der Waals surface area (Å²) in [5, 5.41) is 2.85. The number of anilines is 1. The first kappa shape index (κ1) is 16.5. The van der Waals surface area contributed by atoms with Crippen LogP contribution >= 0.6 is 0 Å². The second-order valence-electron chi connectivity index (χ2n) is 6.85. The van der Waals surface area contributed by atoms with E-state index in [1.54, 1.807) is 6.07 Å². The number of fused-ring (bicyclic) bond motifs is 1. The summed E-state index contributed by atoms with van der Waals surface area (Å²) in [6, 6.07) is 4.93. The fourth-order valence-corrected chi connectivity index (χ4v) is 2.06. The van der Waals surface area contributed by atoms with Crippen LogP contribution in [0.3, 0.4) is 0 Å². The van der Waals surface area contributed by atoms with Crippen molar-refractivity contribution in [2.75, 3.05) is 5.32 Å². The van der Waals surface area contributed by atoms with Crippen molar-refractivity contribution in [3.8, 4) is 0 Å². The molecule has 0 spiro atoms. The topological polar surface area (TPSA) is 81.2 Å². The number of aromatic nitrogens is 1. The van der Waals surface area contributed by atoms with Crippen LogP contribution in [0.5, 0.6) is 0 Å². The lowest BCUT2D eigenvalue weighted by molar-refractivity contribution is -0.118. The van der Waals surface area contributed by atoms with Gasteiger partial charge in [-0.2, -0.15) is 0 Å². The lowest BCUT2D eigenvalue weighted by Gasteiger charge is -2.17. The minimum Gasteiger partial charge on any atom is -0.440 e. The second kappa shape index (κ2) is 6.08. The van der Waals surface area contributed by atoms with E-state index in [1.807, 2.05) is 46.8 Å². The van der Waals surface area contributed by atoms with Crippen molar-refractivity contribution in [2.24, 2.45) is 11.7 Å². The van der Waals surface area contributed by atoms with Crippen molar-refractivity contribution in [1.29, 1.82) is 0 Å². The molecule has 0 bridgehead atoms. The maximum Gasteiger partial charge on any atom is 0.241 e. The number of carbonyl (C=O) groups excluding carboxylic acids is 1. The Kier molecular flexibility index (Phi) is 4.56. The normalized spacial score (nSPS) is 14.8. The Morgan fingerprint density at radius 3 is 2.68 bits per heavy atom. The Morgan fingerprint density at radius 2 is 2.09 bits per heavy atom. The number of nitrogens with two attached hydrogens (primary N) is 1. The first-order valence-electron chi connectivity index (χ1n) is 7.70. The standard InChI is InChI=1S/C17H25N3O2/c1-6-10(2)14(18)15(21)19-11-7-8-13-12(9-11)20-16(22-13)17(3,4)5/h7-10,14H,6,18H2,1-5H3,(H,19,21). The summed E-state index contributed by atoms with van der Waals surface area (Å²) in [5.41, 5.74) is 7.93. The van der Waals surface area contributed by atoms with Gasteiger partial charge in [0.2, 0.25) is 11.8 Å². The van der Waals surface area contributed by atoms with Gasteiger partial charge in [0, 0.05) is 11.1 Å². The number of rotatable bonds is 4. The largest absolute Gasteiger partial charge is 0.440 e. The van der Waals surface area contributed by atoms with Crippen molar-refractivity contribution in [1.82, 2.24) is 4.98 Å². The van der Waals surface area contributed by atoms with Crippen molar-refractivity contribution in [2.45, 2.75) is 52.5 Å². The first-order valence-corrected chi connectivity index (χ1v) is 7.70. The van der Waals surface area contributed by atoms with Gasteiger partial charge < -0.3 is 15.5 Å². The number of oxazole rings is 1. The fraction of sp³-hybridized carbons (Fsp3) is 0.529. The summed E-state index contributed by atoms with van der Waals surface area (Å²) in [6.45, 7) is 10.1. The highest BCUT2D eigenvalue weighted by Crippen LogP contribution is 2.27. The van der Waals surface area contributed by atoms with Crippen LogP contribution in [0.4, 0.5) is 5.69 Å². The molecule has 1 amide bonds. The molecule has 120 valence electrons. The summed E-state index contributed by atoms with van der Waals surface area (Å²) in [7, 11) is 0. The number of nitrogens with zero attached hydrogens (tertiary/aromatic N) is 1. The predicted octanol–water partition coefficient (Wildman–Crippen LogP) is 3.44. The van der Waals surface area contributed by atoms with E-state index < -0.39 is 6.04 Å².